The van der Waals surface area contributed by atoms with Gasteiger partial charge in [0, 0.05) is 18.0 Å². The van der Waals surface area contributed by atoms with E-state index in [4.69, 9.17) is 11.6 Å². The first-order valence-corrected chi connectivity index (χ1v) is 12.3. The highest BCUT2D eigenvalue weighted by Crippen LogP contribution is 2.28. The summed E-state index contributed by atoms with van der Waals surface area (Å²) in [7, 11) is -3.70. The molecule has 0 radical (unpaired) electrons. The van der Waals surface area contributed by atoms with Crippen molar-refractivity contribution in [3.05, 3.63) is 87.1 Å². The number of hydrogen-bond acceptors (Lipinski definition) is 4. The third-order valence-corrected chi connectivity index (χ3v) is 8.07. The van der Waals surface area contributed by atoms with E-state index in [1.807, 2.05) is 47.8 Å². The van der Waals surface area contributed by atoms with Crippen molar-refractivity contribution in [1.29, 1.82) is 0 Å². The summed E-state index contributed by atoms with van der Waals surface area (Å²) in [6.07, 6.45) is 0. The van der Waals surface area contributed by atoms with Gasteiger partial charge in [-0.25, -0.2) is 8.42 Å². The number of nitrogens with zero attached hydrogens (tertiary/aromatic N) is 1. The highest BCUT2D eigenvalue weighted by atomic mass is 35.5. The van der Waals surface area contributed by atoms with Crippen LogP contribution in [0.5, 0.6) is 0 Å². The van der Waals surface area contributed by atoms with Crippen LogP contribution in [0.15, 0.2) is 70.9 Å². The fraction of sp³-hybridized carbons (Fsp3) is 0.227. The first-order chi connectivity index (χ1) is 14.4. The van der Waals surface area contributed by atoms with Gasteiger partial charge < -0.3 is 5.32 Å². The van der Waals surface area contributed by atoms with Gasteiger partial charge in [0.15, 0.2) is 0 Å². The Morgan fingerprint density at radius 2 is 1.77 bits per heavy atom. The van der Waals surface area contributed by atoms with Crippen LogP contribution in [0.3, 0.4) is 0 Å². The molecule has 1 aromatic heterocycles. The van der Waals surface area contributed by atoms with E-state index in [0.29, 0.717) is 13.1 Å². The van der Waals surface area contributed by atoms with Crippen molar-refractivity contribution in [3.63, 3.8) is 0 Å². The molecule has 158 valence electrons. The highest BCUT2D eigenvalue weighted by molar-refractivity contribution is 7.89. The van der Waals surface area contributed by atoms with Crippen molar-refractivity contribution < 1.29 is 13.2 Å². The molecule has 1 N–H and O–H groups in total. The summed E-state index contributed by atoms with van der Waals surface area (Å²) in [6, 6.07) is 17.3. The number of benzene rings is 2. The van der Waals surface area contributed by atoms with Gasteiger partial charge in [0.05, 0.1) is 21.5 Å². The third kappa shape index (κ3) is 4.75. The molecule has 0 saturated carbocycles. The van der Waals surface area contributed by atoms with E-state index in [2.05, 4.69) is 5.32 Å². The van der Waals surface area contributed by atoms with Crippen LogP contribution in [-0.2, 0) is 10.0 Å². The molecular weight excluding hydrogens is 440 g/mol. The Morgan fingerprint density at radius 1 is 1.07 bits per heavy atom. The van der Waals surface area contributed by atoms with Crippen molar-refractivity contribution in [1.82, 2.24) is 9.62 Å². The monoisotopic (exact) mass is 462 g/mol. The molecule has 8 heteroatoms. The quantitative estimate of drug-likeness (QED) is 0.515. The number of hydrogen-bond donors (Lipinski definition) is 1. The number of thiophene rings is 1. The molecule has 0 aliphatic heterocycles. The molecule has 1 heterocycles. The van der Waals surface area contributed by atoms with Gasteiger partial charge in [0.2, 0.25) is 10.0 Å². The molecule has 3 rings (SSSR count). The van der Waals surface area contributed by atoms with E-state index in [9.17, 15) is 13.2 Å². The molecule has 0 saturated heterocycles. The largest absolute Gasteiger partial charge is 0.340 e. The molecule has 0 aliphatic rings. The average molecular weight is 463 g/mol. The van der Waals surface area contributed by atoms with E-state index < -0.39 is 15.9 Å². The lowest BCUT2D eigenvalue weighted by Crippen LogP contribution is -2.31. The summed E-state index contributed by atoms with van der Waals surface area (Å²) >= 11 is 7.81. The molecular formula is C22H23ClN2O3S2. The number of carbonyl (C=O) groups excluding carboxylic acids is 1. The first-order valence-electron chi connectivity index (χ1n) is 9.57. The van der Waals surface area contributed by atoms with Crippen LogP contribution in [0.4, 0.5) is 0 Å². The normalized spacial score (nSPS) is 12.7. The second-order valence-corrected chi connectivity index (χ2v) is 9.89. The molecule has 0 bridgehead atoms. The number of carbonyl (C=O) groups is 1. The maximum Gasteiger partial charge on any atom is 0.253 e. The van der Waals surface area contributed by atoms with Crippen LogP contribution in [0.1, 0.15) is 40.7 Å². The summed E-state index contributed by atoms with van der Waals surface area (Å²) in [5.41, 5.74) is 1.05. The van der Waals surface area contributed by atoms with Gasteiger partial charge in [0.25, 0.3) is 5.91 Å². The maximum absolute atomic E-state index is 13.1. The van der Waals surface area contributed by atoms with Gasteiger partial charge in [-0.05, 0) is 35.2 Å². The zero-order valence-corrected chi connectivity index (χ0v) is 19.1. The Hall–Kier alpha value is -2.19. The van der Waals surface area contributed by atoms with Crippen molar-refractivity contribution >= 4 is 38.9 Å². The van der Waals surface area contributed by atoms with Crippen LogP contribution < -0.4 is 5.32 Å². The Morgan fingerprint density at radius 3 is 2.37 bits per heavy atom. The van der Waals surface area contributed by atoms with Crippen LogP contribution >= 0.6 is 22.9 Å². The number of rotatable bonds is 8. The van der Waals surface area contributed by atoms with E-state index in [-0.39, 0.29) is 21.5 Å². The van der Waals surface area contributed by atoms with Gasteiger partial charge in [-0.2, -0.15) is 4.31 Å². The highest BCUT2D eigenvalue weighted by Gasteiger charge is 2.25. The molecule has 3 aromatic rings. The van der Waals surface area contributed by atoms with E-state index in [0.717, 1.165) is 10.4 Å². The minimum Gasteiger partial charge on any atom is -0.340 e. The molecule has 1 atom stereocenters. The minimum absolute atomic E-state index is 0.0492. The predicted molar refractivity (Wildman–Crippen MR) is 122 cm³/mol. The van der Waals surface area contributed by atoms with Crippen molar-refractivity contribution in [3.8, 4) is 0 Å². The van der Waals surface area contributed by atoms with Crippen molar-refractivity contribution in [2.24, 2.45) is 0 Å². The van der Waals surface area contributed by atoms with E-state index >= 15 is 0 Å². The van der Waals surface area contributed by atoms with Crippen LogP contribution in [0, 0.1) is 0 Å². The topological polar surface area (TPSA) is 66.5 Å². The van der Waals surface area contributed by atoms with E-state index in [1.165, 1.54) is 33.8 Å². The molecule has 0 spiro atoms. The van der Waals surface area contributed by atoms with E-state index in [1.54, 1.807) is 13.8 Å². The van der Waals surface area contributed by atoms with Crippen LogP contribution in [0.2, 0.25) is 5.02 Å². The van der Waals surface area contributed by atoms with Crippen molar-refractivity contribution in [2.45, 2.75) is 24.8 Å². The maximum atomic E-state index is 13.1. The zero-order valence-electron chi connectivity index (χ0n) is 16.7. The Labute approximate surface area is 186 Å². The molecule has 30 heavy (non-hydrogen) atoms. The van der Waals surface area contributed by atoms with Gasteiger partial charge >= 0.3 is 0 Å². The fourth-order valence-corrected chi connectivity index (χ4v) is 5.67. The Bertz CT molecular complexity index is 1100. The molecule has 0 aliphatic carbocycles. The minimum atomic E-state index is -3.70. The summed E-state index contributed by atoms with van der Waals surface area (Å²) < 4.78 is 27.1. The number of halogens is 1. The number of nitrogens with one attached hydrogen (secondary N) is 1. The molecule has 1 amide bonds. The van der Waals surface area contributed by atoms with Gasteiger partial charge in [-0.1, -0.05) is 61.8 Å². The first kappa shape index (κ1) is 22.5. The number of amides is 1. The Kier molecular flexibility index (Phi) is 7.31. The Balaban J connectivity index is 1.96. The lowest BCUT2D eigenvalue weighted by molar-refractivity contribution is 0.0943. The van der Waals surface area contributed by atoms with Crippen LogP contribution in [0.25, 0.3) is 0 Å². The lowest BCUT2D eigenvalue weighted by Gasteiger charge is -2.20. The van der Waals surface area contributed by atoms with Gasteiger partial charge in [-0.3, -0.25) is 4.79 Å². The molecule has 5 nitrogen and oxygen atoms in total. The predicted octanol–water partition coefficient (Wildman–Crippen LogP) is 4.95. The molecule has 1 unspecified atom stereocenters. The van der Waals surface area contributed by atoms with Gasteiger partial charge in [0.1, 0.15) is 0 Å². The zero-order chi connectivity index (χ0) is 21.7. The second-order valence-electron chi connectivity index (χ2n) is 6.56. The van der Waals surface area contributed by atoms with Crippen LogP contribution in [-0.4, -0.2) is 31.7 Å². The summed E-state index contributed by atoms with van der Waals surface area (Å²) in [5.74, 6) is -0.432. The van der Waals surface area contributed by atoms with Gasteiger partial charge in [-0.15, -0.1) is 11.3 Å². The average Bonchev–Trinajstić information content (AvgIpc) is 3.28. The lowest BCUT2D eigenvalue weighted by atomic mass is 10.0. The fourth-order valence-electron chi connectivity index (χ4n) is 3.18. The molecule has 2 aromatic carbocycles. The van der Waals surface area contributed by atoms with Crippen molar-refractivity contribution in [2.75, 3.05) is 13.1 Å². The smallest absolute Gasteiger partial charge is 0.253 e. The number of sulfonamides is 1. The third-order valence-electron chi connectivity index (χ3n) is 4.76. The summed E-state index contributed by atoms with van der Waals surface area (Å²) in [5, 5.41) is 5.15. The second kappa shape index (κ2) is 9.75. The SMILES string of the molecule is CCN(CC)S(=O)(=O)c1ccc(Cl)c(C(=O)NC(c2ccccc2)c2cccs2)c1. The molecule has 0 fully saturated rings. The standard InChI is InChI=1S/C22H23ClN2O3S2/c1-3-25(4-2)30(27,28)17-12-13-19(23)18(15-17)22(26)24-21(20-11-8-14-29-20)16-9-6-5-7-10-16/h5-15,21H,3-4H2,1-2H3,(H,24,26). The summed E-state index contributed by atoms with van der Waals surface area (Å²) in [6.45, 7) is 4.24. The summed E-state index contributed by atoms with van der Waals surface area (Å²) in [4.78, 5) is 14.2.